The Balaban J connectivity index is 2.99. The maximum atomic E-state index is 2.28. The van der Waals surface area contributed by atoms with Crippen molar-refractivity contribution in [2.75, 3.05) is 7.05 Å². The standard InChI is InChI=1S/C12H20N/c1-6-7-8-11-9-13(5)12(3,4)10(11)2/h7-9H,6H2,1-5H3/q+1/b8-7-. The summed E-state index contributed by atoms with van der Waals surface area (Å²) in [4.78, 5) is 0. The number of likely N-dealkylation sites (N-methyl/N-ethyl adjacent to an activating group) is 1. The van der Waals surface area contributed by atoms with Crippen LogP contribution < -0.4 is 0 Å². The molecular weight excluding hydrogens is 158 g/mol. The van der Waals surface area contributed by atoms with Crippen LogP contribution in [0.4, 0.5) is 0 Å². The van der Waals surface area contributed by atoms with Gasteiger partial charge in [-0.1, -0.05) is 19.1 Å². The maximum Gasteiger partial charge on any atom is 0.178 e. The second kappa shape index (κ2) is 3.49. The zero-order chi connectivity index (χ0) is 10.1. The van der Waals surface area contributed by atoms with Gasteiger partial charge in [0.15, 0.2) is 11.8 Å². The molecule has 0 atom stereocenters. The number of hydrogen-bond acceptors (Lipinski definition) is 0. The molecule has 13 heavy (non-hydrogen) atoms. The van der Waals surface area contributed by atoms with Gasteiger partial charge in [-0.15, -0.1) is 0 Å². The van der Waals surface area contributed by atoms with Crippen LogP contribution in [0.1, 0.15) is 34.1 Å². The lowest BCUT2D eigenvalue weighted by atomic mass is 9.94. The molecule has 1 nitrogen and oxygen atoms in total. The fourth-order valence-electron chi connectivity index (χ4n) is 1.50. The zero-order valence-corrected chi connectivity index (χ0v) is 9.39. The topological polar surface area (TPSA) is 3.01 Å². The molecule has 0 aromatic carbocycles. The van der Waals surface area contributed by atoms with E-state index < -0.39 is 0 Å². The molecule has 72 valence electrons. The Morgan fingerprint density at radius 3 is 2.46 bits per heavy atom. The van der Waals surface area contributed by atoms with Crippen molar-refractivity contribution in [3.05, 3.63) is 23.3 Å². The third kappa shape index (κ3) is 1.74. The smallest absolute Gasteiger partial charge is 0.178 e. The van der Waals surface area contributed by atoms with Gasteiger partial charge in [-0.25, -0.2) is 4.58 Å². The molecule has 0 aromatic heterocycles. The highest BCUT2D eigenvalue weighted by Gasteiger charge is 2.36. The van der Waals surface area contributed by atoms with Crippen LogP contribution >= 0.6 is 0 Å². The van der Waals surface area contributed by atoms with Crippen LogP contribution in [0.5, 0.6) is 0 Å². The molecule has 0 saturated heterocycles. The Morgan fingerprint density at radius 2 is 2.08 bits per heavy atom. The van der Waals surface area contributed by atoms with Gasteiger partial charge >= 0.3 is 0 Å². The molecule has 0 fully saturated rings. The van der Waals surface area contributed by atoms with Crippen LogP contribution in [-0.4, -0.2) is 23.4 Å². The minimum Gasteiger partial charge on any atom is -0.229 e. The minimum absolute atomic E-state index is 0.188. The normalized spacial score (nSPS) is 21.5. The second-order valence-corrected chi connectivity index (χ2v) is 4.19. The van der Waals surface area contributed by atoms with E-state index in [2.05, 4.69) is 57.7 Å². The summed E-state index contributed by atoms with van der Waals surface area (Å²) < 4.78 is 2.28. The van der Waals surface area contributed by atoms with Gasteiger partial charge in [0.05, 0.1) is 0 Å². The number of allylic oxidation sites excluding steroid dienone is 3. The molecule has 1 rings (SSSR count). The van der Waals surface area contributed by atoms with E-state index in [-0.39, 0.29) is 5.54 Å². The predicted molar refractivity (Wildman–Crippen MR) is 58.5 cm³/mol. The van der Waals surface area contributed by atoms with Crippen molar-refractivity contribution < 1.29 is 4.58 Å². The first kappa shape index (κ1) is 10.2. The van der Waals surface area contributed by atoms with E-state index in [0.717, 1.165) is 6.42 Å². The molecule has 0 saturated carbocycles. The Kier molecular flexibility index (Phi) is 2.74. The molecule has 0 aliphatic carbocycles. The summed E-state index contributed by atoms with van der Waals surface area (Å²) in [5.74, 6) is 0. The molecule has 1 heterocycles. The highest BCUT2D eigenvalue weighted by molar-refractivity contribution is 5.82. The third-order valence-electron chi connectivity index (χ3n) is 3.10. The largest absolute Gasteiger partial charge is 0.229 e. The van der Waals surface area contributed by atoms with E-state index in [1.54, 1.807) is 0 Å². The summed E-state index contributed by atoms with van der Waals surface area (Å²) in [6.45, 7) is 8.89. The van der Waals surface area contributed by atoms with E-state index in [1.165, 1.54) is 11.1 Å². The van der Waals surface area contributed by atoms with Crippen molar-refractivity contribution in [2.24, 2.45) is 0 Å². The summed E-state index contributed by atoms with van der Waals surface area (Å²) in [7, 11) is 2.14. The average molecular weight is 178 g/mol. The van der Waals surface area contributed by atoms with Crippen LogP contribution in [0.2, 0.25) is 0 Å². The van der Waals surface area contributed by atoms with E-state index in [4.69, 9.17) is 0 Å². The third-order valence-corrected chi connectivity index (χ3v) is 3.10. The van der Waals surface area contributed by atoms with Crippen molar-refractivity contribution in [3.63, 3.8) is 0 Å². The van der Waals surface area contributed by atoms with Crippen LogP contribution in [-0.2, 0) is 0 Å². The van der Waals surface area contributed by atoms with Crippen molar-refractivity contribution in [3.8, 4) is 0 Å². The molecule has 1 heteroatoms. The van der Waals surface area contributed by atoms with Crippen LogP contribution in [0.15, 0.2) is 23.3 Å². The SMILES string of the molecule is CC/C=C\C1=C(C)C(C)(C)[N+](C)=C1. The summed E-state index contributed by atoms with van der Waals surface area (Å²) in [6.07, 6.45) is 7.77. The average Bonchev–Trinajstić information content (AvgIpc) is 2.26. The Morgan fingerprint density at radius 1 is 1.46 bits per heavy atom. The molecule has 0 radical (unpaired) electrons. The van der Waals surface area contributed by atoms with Crippen LogP contribution in [0.3, 0.4) is 0 Å². The van der Waals surface area contributed by atoms with Gasteiger partial charge in [0.2, 0.25) is 0 Å². The lowest BCUT2D eigenvalue weighted by Gasteiger charge is -2.16. The van der Waals surface area contributed by atoms with E-state index in [1.807, 2.05) is 0 Å². The van der Waals surface area contributed by atoms with Gasteiger partial charge in [0.1, 0.15) is 7.05 Å². The molecule has 1 aliphatic heterocycles. The monoisotopic (exact) mass is 178 g/mol. The lowest BCUT2D eigenvalue weighted by molar-refractivity contribution is -0.555. The highest BCUT2D eigenvalue weighted by Crippen LogP contribution is 2.27. The van der Waals surface area contributed by atoms with Gasteiger partial charge in [-0.05, 0) is 13.3 Å². The van der Waals surface area contributed by atoms with E-state index >= 15 is 0 Å². The van der Waals surface area contributed by atoms with Crippen molar-refractivity contribution in [1.29, 1.82) is 0 Å². The molecule has 0 amide bonds. The maximum absolute atomic E-state index is 2.28. The van der Waals surface area contributed by atoms with Crippen molar-refractivity contribution in [2.45, 2.75) is 39.7 Å². The van der Waals surface area contributed by atoms with Gasteiger partial charge in [-0.2, -0.15) is 0 Å². The fraction of sp³-hybridized carbons (Fsp3) is 0.583. The van der Waals surface area contributed by atoms with Crippen LogP contribution in [0, 0.1) is 0 Å². The van der Waals surface area contributed by atoms with Gasteiger partial charge in [-0.3, -0.25) is 0 Å². The Labute approximate surface area is 81.5 Å². The fourth-order valence-corrected chi connectivity index (χ4v) is 1.50. The van der Waals surface area contributed by atoms with Gasteiger partial charge < -0.3 is 0 Å². The van der Waals surface area contributed by atoms with Gasteiger partial charge in [0.25, 0.3) is 0 Å². The summed E-state index contributed by atoms with van der Waals surface area (Å²) in [5, 5.41) is 0. The van der Waals surface area contributed by atoms with E-state index in [9.17, 15) is 0 Å². The van der Waals surface area contributed by atoms with Gasteiger partial charge in [0, 0.05) is 25.0 Å². The van der Waals surface area contributed by atoms with E-state index in [0.29, 0.717) is 0 Å². The first-order valence-electron chi connectivity index (χ1n) is 4.96. The minimum atomic E-state index is 0.188. The molecular formula is C12H20N+. The first-order valence-corrected chi connectivity index (χ1v) is 4.96. The molecule has 0 bridgehead atoms. The predicted octanol–water partition coefficient (Wildman–Crippen LogP) is 2.77. The Bertz CT molecular complexity index is 290. The molecule has 0 N–H and O–H groups in total. The summed E-state index contributed by atoms with van der Waals surface area (Å²) in [5.41, 5.74) is 3.02. The highest BCUT2D eigenvalue weighted by atomic mass is 15.1. The van der Waals surface area contributed by atoms with Crippen molar-refractivity contribution >= 4 is 6.21 Å². The summed E-state index contributed by atoms with van der Waals surface area (Å²) >= 11 is 0. The summed E-state index contributed by atoms with van der Waals surface area (Å²) in [6, 6.07) is 0. The number of rotatable bonds is 2. The Hall–Kier alpha value is -0.850. The quantitative estimate of drug-likeness (QED) is 0.572. The molecule has 0 unspecified atom stereocenters. The number of hydrogen-bond donors (Lipinski definition) is 0. The zero-order valence-electron chi connectivity index (χ0n) is 9.39. The molecule has 1 aliphatic rings. The second-order valence-electron chi connectivity index (χ2n) is 4.19. The van der Waals surface area contributed by atoms with Crippen molar-refractivity contribution in [1.82, 2.24) is 0 Å². The molecule has 0 spiro atoms. The first-order chi connectivity index (χ1) is 6.00. The number of nitrogens with zero attached hydrogens (tertiary/aromatic N) is 1. The van der Waals surface area contributed by atoms with Crippen LogP contribution in [0.25, 0.3) is 0 Å². The molecule has 0 aromatic rings. The lowest BCUT2D eigenvalue weighted by Crippen LogP contribution is -2.31.